The molecule has 7 heteroatoms. The largest absolute Gasteiger partial charge is 0.492 e. The monoisotopic (exact) mass is 395 g/mol. The fourth-order valence-corrected chi connectivity index (χ4v) is 4.14. The maximum absolute atomic E-state index is 12.4. The van der Waals surface area contributed by atoms with Gasteiger partial charge in [-0.2, -0.15) is 0 Å². The molecular weight excluding hydrogens is 370 g/mol. The Balaban J connectivity index is 1.47. The molecule has 142 valence electrons. The van der Waals surface area contributed by atoms with E-state index in [0.717, 1.165) is 17.7 Å². The molecule has 1 aromatic rings. The summed E-state index contributed by atoms with van der Waals surface area (Å²) in [6.07, 6.45) is 4.18. The molecule has 0 unspecified atom stereocenters. The highest BCUT2D eigenvalue weighted by atomic mass is 35.5. The number of halogens is 1. The third-order valence-corrected chi connectivity index (χ3v) is 6.08. The molecule has 1 amide bonds. The summed E-state index contributed by atoms with van der Waals surface area (Å²) in [5.41, 5.74) is 6.50. The first kappa shape index (κ1) is 19.2. The highest BCUT2D eigenvalue weighted by molar-refractivity contribution is 7.80. The lowest BCUT2D eigenvalue weighted by Crippen LogP contribution is -2.54. The van der Waals surface area contributed by atoms with Crippen LogP contribution in [0, 0.1) is 17.8 Å². The zero-order chi connectivity index (χ0) is 18.7. The van der Waals surface area contributed by atoms with Gasteiger partial charge in [0.05, 0.1) is 5.92 Å². The van der Waals surface area contributed by atoms with E-state index in [4.69, 9.17) is 28.6 Å². The third-order valence-electron chi connectivity index (χ3n) is 5.62. The Bertz CT molecular complexity index is 685. The van der Waals surface area contributed by atoms with E-state index in [9.17, 15) is 4.79 Å². The second-order valence-electron chi connectivity index (χ2n) is 7.43. The van der Waals surface area contributed by atoms with Crippen LogP contribution in [0.25, 0.3) is 0 Å². The van der Waals surface area contributed by atoms with Crippen LogP contribution in [0.3, 0.4) is 0 Å². The third kappa shape index (κ3) is 4.60. The number of fused-ring (bicyclic) bond motifs is 1. The predicted octanol–water partition coefficient (Wildman–Crippen LogP) is 3.21. The molecule has 0 radical (unpaired) electrons. The number of hydrazine groups is 1. The number of hydrogen-bond acceptors (Lipinski definition) is 3. The minimum absolute atomic E-state index is 0.134. The van der Waals surface area contributed by atoms with E-state index in [-0.39, 0.29) is 11.8 Å². The first-order valence-corrected chi connectivity index (χ1v) is 10.00. The molecule has 1 aliphatic carbocycles. The van der Waals surface area contributed by atoms with Gasteiger partial charge in [-0.05, 0) is 60.7 Å². The number of amides is 1. The van der Waals surface area contributed by atoms with E-state index in [1.54, 1.807) is 6.07 Å². The number of carbonyl (C=O) groups excluding carboxylic acids is 1. The fourth-order valence-electron chi connectivity index (χ4n) is 3.74. The molecule has 3 N–H and O–H groups in total. The van der Waals surface area contributed by atoms with Gasteiger partial charge in [0.2, 0.25) is 5.91 Å². The van der Waals surface area contributed by atoms with Crippen molar-refractivity contribution in [2.75, 3.05) is 6.61 Å². The summed E-state index contributed by atoms with van der Waals surface area (Å²) in [4.78, 5) is 12.4. The number of carbonyl (C=O) groups is 1. The first-order chi connectivity index (χ1) is 12.4. The van der Waals surface area contributed by atoms with Crippen molar-refractivity contribution < 1.29 is 9.53 Å². The van der Waals surface area contributed by atoms with Crippen molar-refractivity contribution in [1.29, 1.82) is 0 Å². The van der Waals surface area contributed by atoms with Crippen LogP contribution in [0.2, 0.25) is 5.02 Å². The van der Waals surface area contributed by atoms with Gasteiger partial charge in [-0.1, -0.05) is 38.3 Å². The van der Waals surface area contributed by atoms with Crippen molar-refractivity contribution in [2.45, 2.75) is 45.6 Å². The summed E-state index contributed by atoms with van der Waals surface area (Å²) in [6, 6.07) is 5.83. The predicted molar refractivity (Wildman–Crippen MR) is 107 cm³/mol. The van der Waals surface area contributed by atoms with Gasteiger partial charge in [0.1, 0.15) is 12.4 Å². The summed E-state index contributed by atoms with van der Waals surface area (Å²) < 4.78 is 5.67. The molecule has 1 aromatic carbocycles. The molecule has 1 aliphatic heterocycles. The zero-order valence-electron chi connectivity index (χ0n) is 15.2. The summed E-state index contributed by atoms with van der Waals surface area (Å²) in [5.74, 6) is 1.64. The zero-order valence-corrected chi connectivity index (χ0v) is 16.8. The Kier molecular flexibility index (Phi) is 6.24. The van der Waals surface area contributed by atoms with Crippen LogP contribution >= 0.6 is 23.8 Å². The normalized spacial score (nSPS) is 27.7. The number of ether oxygens (including phenoxy) is 1. The number of nitrogens with one attached hydrogen (secondary N) is 3. The average molecular weight is 396 g/mol. The van der Waals surface area contributed by atoms with E-state index in [1.165, 1.54) is 12.8 Å². The van der Waals surface area contributed by atoms with Crippen LogP contribution in [0.1, 0.15) is 38.7 Å². The Morgan fingerprint density at radius 1 is 1.27 bits per heavy atom. The van der Waals surface area contributed by atoms with Crippen molar-refractivity contribution in [2.24, 2.45) is 17.8 Å². The molecule has 4 atom stereocenters. The molecule has 0 aromatic heterocycles. The fraction of sp³-hybridized carbons (Fsp3) is 0.579. The van der Waals surface area contributed by atoms with Crippen molar-refractivity contribution >= 4 is 34.8 Å². The minimum atomic E-state index is -0.273. The quantitative estimate of drug-likeness (QED) is 0.530. The van der Waals surface area contributed by atoms with E-state index in [2.05, 4.69) is 30.0 Å². The van der Waals surface area contributed by atoms with Crippen LogP contribution in [-0.4, -0.2) is 23.7 Å². The second kappa shape index (κ2) is 8.44. The summed E-state index contributed by atoms with van der Waals surface area (Å²) in [7, 11) is 0. The van der Waals surface area contributed by atoms with Crippen molar-refractivity contribution in [1.82, 2.24) is 16.2 Å². The molecule has 0 saturated heterocycles. The number of hydrogen-bond donors (Lipinski definition) is 3. The van der Waals surface area contributed by atoms with Crippen molar-refractivity contribution in [3.8, 4) is 5.75 Å². The molecule has 1 fully saturated rings. The lowest BCUT2D eigenvalue weighted by Gasteiger charge is -2.35. The molecule has 1 heterocycles. The smallest absolute Gasteiger partial charge is 0.245 e. The maximum atomic E-state index is 12.4. The maximum Gasteiger partial charge on any atom is 0.245 e. The second-order valence-corrected chi connectivity index (χ2v) is 8.27. The van der Waals surface area contributed by atoms with Crippen LogP contribution in [-0.2, 0) is 11.2 Å². The van der Waals surface area contributed by atoms with Crippen LogP contribution in [0.5, 0.6) is 5.75 Å². The van der Waals surface area contributed by atoms with Crippen LogP contribution in [0.15, 0.2) is 18.2 Å². The lowest BCUT2D eigenvalue weighted by atomic mass is 9.78. The summed E-state index contributed by atoms with van der Waals surface area (Å²) in [5, 5.41) is 4.45. The van der Waals surface area contributed by atoms with E-state index < -0.39 is 0 Å². The number of rotatable bonds is 2. The molecular formula is C19H26ClN3O2S. The molecule has 1 saturated carbocycles. The molecule has 3 rings (SSSR count). The topological polar surface area (TPSA) is 62.4 Å². The molecule has 2 aliphatic rings. The molecule has 0 spiro atoms. The molecule has 5 nitrogen and oxygen atoms in total. The molecule has 0 bridgehead atoms. The van der Waals surface area contributed by atoms with E-state index >= 15 is 0 Å². The van der Waals surface area contributed by atoms with Crippen molar-refractivity contribution in [3.05, 3.63) is 28.8 Å². The highest BCUT2D eigenvalue weighted by Gasteiger charge is 2.28. The standard InChI is InChI=1S/C19H26ClN3O2S/c1-11-4-3-5-16(12(11)2)21-19(26)23-22-18(24)14-8-13-9-15(20)6-7-17(13)25-10-14/h6-7,9,11-12,14,16H,3-5,8,10H2,1-2H3,(H,22,24)(H2,21,23,26)/t11-,12+,14+,16+/m0/s1. The number of benzene rings is 1. The minimum Gasteiger partial charge on any atom is -0.492 e. The van der Waals surface area contributed by atoms with Crippen LogP contribution in [0.4, 0.5) is 0 Å². The van der Waals surface area contributed by atoms with E-state index in [1.807, 2.05) is 12.1 Å². The van der Waals surface area contributed by atoms with Gasteiger partial charge >= 0.3 is 0 Å². The van der Waals surface area contributed by atoms with Gasteiger partial charge in [0, 0.05) is 11.1 Å². The van der Waals surface area contributed by atoms with Gasteiger partial charge in [0.15, 0.2) is 5.11 Å². The SMILES string of the molecule is C[C@@H]1[C@@H](C)CCC[C@H]1NC(=S)NNC(=O)[C@H]1COc2ccc(Cl)cc2C1. The van der Waals surface area contributed by atoms with Crippen LogP contribution < -0.4 is 20.9 Å². The van der Waals surface area contributed by atoms with Gasteiger partial charge in [0.25, 0.3) is 0 Å². The van der Waals surface area contributed by atoms with E-state index in [0.29, 0.717) is 41.0 Å². The van der Waals surface area contributed by atoms with Gasteiger partial charge in [-0.3, -0.25) is 15.6 Å². The average Bonchev–Trinajstić information content (AvgIpc) is 2.63. The Morgan fingerprint density at radius 2 is 2.08 bits per heavy atom. The van der Waals surface area contributed by atoms with Gasteiger partial charge in [-0.15, -0.1) is 0 Å². The Hall–Kier alpha value is -1.53. The Labute approximate surface area is 165 Å². The summed E-state index contributed by atoms with van der Waals surface area (Å²) >= 11 is 11.4. The first-order valence-electron chi connectivity index (χ1n) is 9.21. The van der Waals surface area contributed by atoms with Gasteiger partial charge < -0.3 is 10.1 Å². The number of thiocarbonyl (C=S) groups is 1. The van der Waals surface area contributed by atoms with Gasteiger partial charge in [-0.25, -0.2) is 0 Å². The lowest BCUT2D eigenvalue weighted by molar-refractivity contribution is -0.126. The van der Waals surface area contributed by atoms with Crippen molar-refractivity contribution in [3.63, 3.8) is 0 Å². The Morgan fingerprint density at radius 3 is 2.88 bits per heavy atom. The molecule has 26 heavy (non-hydrogen) atoms. The summed E-state index contributed by atoms with van der Waals surface area (Å²) in [6.45, 7) is 4.88. The highest BCUT2D eigenvalue weighted by Crippen LogP contribution is 2.30.